The van der Waals surface area contributed by atoms with Gasteiger partial charge in [-0.05, 0) is 45.2 Å². The second kappa shape index (κ2) is 8.89. The van der Waals surface area contributed by atoms with Crippen LogP contribution in [0.5, 0.6) is 0 Å². The molecule has 0 fully saturated rings. The van der Waals surface area contributed by atoms with Crippen molar-refractivity contribution >= 4 is 27.5 Å². The number of hydrogen-bond donors (Lipinski definition) is 2. The number of benzene rings is 4. The minimum Gasteiger partial charge on any atom is -0.354 e. The fraction of sp³-hybridized carbons (Fsp3) is 0.192. The Balaban J connectivity index is 1.71. The zero-order valence-electron chi connectivity index (χ0n) is 16.7. The van der Waals surface area contributed by atoms with Gasteiger partial charge in [-0.2, -0.15) is 0 Å². The summed E-state index contributed by atoms with van der Waals surface area (Å²) in [5.74, 6) is 0.0163. The molecule has 3 heteroatoms. The molecular formula is C26H26N2O. The van der Waals surface area contributed by atoms with Crippen molar-refractivity contribution in [1.29, 1.82) is 0 Å². The van der Waals surface area contributed by atoms with Crippen LogP contribution in [0.4, 0.5) is 0 Å². The van der Waals surface area contributed by atoms with Crippen molar-refractivity contribution in [1.82, 2.24) is 10.6 Å². The zero-order valence-corrected chi connectivity index (χ0v) is 16.7. The minimum absolute atomic E-state index is 0.0163. The lowest BCUT2D eigenvalue weighted by Crippen LogP contribution is -2.37. The van der Waals surface area contributed by atoms with Crippen molar-refractivity contribution in [3.05, 3.63) is 96.1 Å². The van der Waals surface area contributed by atoms with Crippen molar-refractivity contribution in [3.63, 3.8) is 0 Å². The molecule has 0 aliphatic rings. The van der Waals surface area contributed by atoms with Gasteiger partial charge in [-0.1, -0.05) is 85.8 Å². The van der Waals surface area contributed by atoms with Crippen LogP contribution in [-0.2, 0) is 11.3 Å². The summed E-state index contributed by atoms with van der Waals surface area (Å²) in [7, 11) is 0. The topological polar surface area (TPSA) is 41.1 Å². The molecule has 0 unspecified atom stereocenters. The first-order valence-corrected chi connectivity index (χ1v) is 10.2. The molecule has 0 radical (unpaired) electrons. The van der Waals surface area contributed by atoms with Crippen molar-refractivity contribution in [2.45, 2.75) is 25.9 Å². The molecule has 0 heterocycles. The van der Waals surface area contributed by atoms with E-state index < -0.39 is 0 Å². The average molecular weight is 383 g/mol. The Morgan fingerprint density at radius 3 is 2.03 bits per heavy atom. The van der Waals surface area contributed by atoms with Crippen LogP contribution in [0.25, 0.3) is 21.5 Å². The van der Waals surface area contributed by atoms with Crippen LogP contribution in [0.3, 0.4) is 0 Å². The molecule has 2 N–H and O–H groups in total. The molecule has 0 saturated heterocycles. The fourth-order valence-corrected chi connectivity index (χ4v) is 3.86. The van der Waals surface area contributed by atoms with E-state index in [-0.39, 0.29) is 11.9 Å². The summed E-state index contributed by atoms with van der Waals surface area (Å²) < 4.78 is 0. The quantitative estimate of drug-likeness (QED) is 0.423. The highest BCUT2D eigenvalue weighted by Crippen LogP contribution is 2.29. The summed E-state index contributed by atoms with van der Waals surface area (Å²) in [6, 6.07) is 28.7. The van der Waals surface area contributed by atoms with Gasteiger partial charge in [0.05, 0.1) is 0 Å². The van der Waals surface area contributed by atoms with E-state index >= 15 is 0 Å². The largest absolute Gasteiger partial charge is 0.354 e. The van der Waals surface area contributed by atoms with Crippen molar-refractivity contribution < 1.29 is 4.79 Å². The number of amides is 1. The second-order valence-electron chi connectivity index (χ2n) is 7.31. The van der Waals surface area contributed by atoms with Crippen molar-refractivity contribution in [2.75, 3.05) is 6.54 Å². The van der Waals surface area contributed by atoms with Gasteiger partial charge in [0.1, 0.15) is 6.04 Å². The van der Waals surface area contributed by atoms with Gasteiger partial charge in [0.25, 0.3) is 0 Å². The lowest BCUT2D eigenvalue weighted by molar-refractivity contribution is -0.123. The maximum atomic E-state index is 12.9. The maximum absolute atomic E-state index is 12.9. The lowest BCUT2D eigenvalue weighted by atomic mass is 9.96. The molecule has 4 rings (SSSR count). The number of hydrogen-bond acceptors (Lipinski definition) is 2. The molecule has 4 aromatic carbocycles. The third-order valence-electron chi connectivity index (χ3n) is 5.31. The molecule has 146 valence electrons. The number of nitrogens with one attached hydrogen (secondary N) is 2. The molecule has 0 aliphatic heterocycles. The molecule has 1 atom stereocenters. The molecule has 0 spiro atoms. The van der Waals surface area contributed by atoms with Crippen LogP contribution in [0.15, 0.2) is 84.9 Å². The van der Waals surface area contributed by atoms with Gasteiger partial charge in [-0.15, -0.1) is 0 Å². The number of fused-ring (bicyclic) bond motifs is 2. The Kier molecular flexibility index (Phi) is 5.87. The van der Waals surface area contributed by atoms with Crippen LogP contribution >= 0.6 is 0 Å². The summed E-state index contributed by atoms with van der Waals surface area (Å²) in [6.07, 6.45) is 0.918. The smallest absolute Gasteiger partial charge is 0.241 e. The van der Waals surface area contributed by atoms with Crippen LogP contribution in [0.1, 0.15) is 30.5 Å². The molecule has 0 bridgehead atoms. The van der Waals surface area contributed by atoms with Crippen LogP contribution in [-0.4, -0.2) is 12.5 Å². The number of carbonyl (C=O) groups is 1. The SMILES string of the molecule is CCCNC(=O)[C@@H](NCc1c2ccccc2cc2ccccc12)c1ccccc1. The van der Waals surface area contributed by atoms with E-state index in [9.17, 15) is 4.79 Å². The normalized spacial score (nSPS) is 12.2. The van der Waals surface area contributed by atoms with E-state index in [2.05, 4.69) is 72.2 Å². The van der Waals surface area contributed by atoms with E-state index in [4.69, 9.17) is 0 Å². The summed E-state index contributed by atoms with van der Waals surface area (Å²) >= 11 is 0. The first kappa shape index (κ1) is 19.2. The Labute approximate surface area is 171 Å². The van der Waals surface area contributed by atoms with E-state index in [0.717, 1.165) is 12.0 Å². The predicted molar refractivity (Wildman–Crippen MR) is 121 cm³/mol. The highest BCUT2D eigenvalue weighted by Gasteiger charge is 2.20. The summed E-state index contributed by atoms with van der Waals surface area (Å²) in [4.78, 5) is 12.9. The monoisotopic (exact) mass is 382 g/mol. The van der Waals surface area contributed by atoms with Crippen LogP contribution in [0, 0.1) is 0 Å². The van der Waals surface area contributed by atoms with E-state index in [1.54, 1.807) is 0 Å². The molecule has 4 aromatic rings. The predicted octanol–water partition coefficient (Wildman–Crippen LogP) is 5.35. The molecular weight excluding hydrogens is 356 g/mol. The third kappa shape index (κ3) is 4.15. The number of carbonyl (C=O) groups excluding carboxylic acids is 1. The van der Waals surface area contributed by atoms with E-state index in [1.807, 2.05) is 30.3 Å². The molecule has 0 saturated carbocycles. The minimum atomic E-state index is -0.388. The van der Waals surface area contributed by atoms with Gasteiger partial charge < -0.3 is 5.32 Å². The van der Waals surface area contributed by atoms with Gasteiger partial charge in [0, 0.05) is 13.1 Å². The highest BCUT2D eigenvalue weighted by molar-refractivity contribution is 6.02. The molecule has 29 heavy (non-hydrogen) atoms. The van der Waals surface area contributed by atoms with Gasteiger partial charge in [-0.25, -0.2) is 0 Å². The average Bonchev–Trinajstić information content (AvgIpc) is 2.77. The van der Waals surface area contributed by atoms with Crippen LogP contribution < -0.4 is 10.6 Å². The van der Waals surface area contributed by atoms with E-state index in [0.29, 0.717) is 13.1 Å². The number of rotatable bonds is 7. The molecule has 0 aliphatic carbocycles. The first-order chi connectivity index (χ1) is 14.3. The maximum Gasteiger partial charge on any atom is 0.241 e. The summed E-state index contributed by atoms with van der Waals surface area (Å²) in [5.41, 5.74) is 2.20. The highest BCUT2D eigenvalue weighted by atomic mass is 16.2. The second-order valence-corrected chi connectivity index (χ2v) is 7.31. The fourth-order valence-electron chi connectivity index (χ4n) is 3.86. The van der Waals surface area contributed by atoms with Gasteiger partial charge in [-0.3, -0.25) is 10.1 Å². The van der Waals surface area contributed by atoms with Crippen LogP contribution in [0.2, 0.25) is 0 Å². The van der Waals surface area contributed by atoms with Crippen molar-refractivity contribution in [3.8, 4) is 0 Å². The zero-order chi connectivity index (χ0) is 20.1. The first-order valence-electron chi connectivity index (χ1n) is 10.2. The Morgan fingerprint density at radius 2 is 1.41 bits per heavy atom. The van der Waals surface area contributed by atoms with Crippen molar-refractivity contribution in [2.24, 2.45) is 0 Å². The molecule has 0 aromatic heterocycles. The third-order valence-corrected chi connectivity index (χ3v) is 5.31. The van der Waals surface area contributed by atoms with E-state index in [1.165, 1.54) is 27.1 Å². The lowest BCUT2D eigenvalue weighted by Gasteiger charge is -2.20. The van der Waals surface area contributed by atoms with Gasteiger partial charge in [0.2, 0.25) is 5.91 Å². The standard InChI is InChI=1S/C26H26N2O/c1-2-16-27-26(29)25(19-10-4-3-5-11-19)28-18-24-22-14-8-6-12-20(22)17-21-13-7-9-15-23(21)24/h3-15,17,25,28H,2,16,18H2,1H3,(H,27,29)/t25-/m0/s1. The molecule has 3 nitrogen and oxygen atoms in total. The Morgan fingerprint density at radius 1 is 0.828 bits per heavy atom. The Bertz CT molecular complexity index is 1070. The van der Waals surface area contributed by atoms with Gasteiger partial charge >= 0.3 is 0 Å². The molecule has 1 amide bonds. The van der Waals surface area contributed by atoms with Gasteiger partial charge in [0.15, 0.2) is 0 Å². The summed E-state index contributed by atoms with van der Waals surface area (Å²) in [5, 5.41) is 11.5. The Hall–Kier alpha value is -3.17. The summed E-state index contributed by atoms with van der Waals surface area (Å²) in [6.45, 7) is 3.36.